The second kappa shape index (κ2) is 4.45. The van der Waals surface area contributed by atoms with Crippen LogP contribution in [-0.4, -0.2) is 12.0 Å². The largest absolute Gasteiger partial charge is 0.329 e. The summed E-state index contributed by atoms with van der Waals surface area (Å²) in [5.74, 6) is 0.944. The zero-order chi connectivity index (χ0) is 10.7. The van der Waals surface area contributed by atoms with Gasteiger partial charge >= 0.3 is 0 Å². The Bertz CT molecular complexity index is 425. The normalized spacial score (nSPS) is 10.0. The predicted octanol–water partition coefficient (Wildman–Crippen LogP) is 3.61. The minimum atomic E-state index is 0.944. The molecule has 0 unspecified atom stereocenters. The number of hydrogen-bond acceptors (Lipinski definition) is 2. The first-order chi connectivity index (χ1) is 7.27. The van der Waals surface area contributed by atoms with Crippen LogP contribution in [-0.2, 0) is 0 Å². The molecule has 0 amide bonds. The first kappa shape index (κ1) is 10.2. The van der Waals surface area contributed by atoms with Crippen molar-refractivity contribution in [1.82, 2.24) is 4.98 Å². The zero-order valence-electron chi connectivity index (χ0n) is 8.39. The molecule has 2 aromatic rings. The second-order valence-electron chi connectivity index (χ2n) is 3.22. The van der Waals surface area contributed by atoms with E-state index in [9.17, 15) is 0 Å². The van der Waals surface area contributed by atoms with Crippen LogP contribution in [0.5, 0.6) is 0 Å². The van der Waals surface area contributed by atoms with Gasteiger partial charge in [-0.25, -0.2) is 4.98 Å². The fourth-order valence-corrected chi connectivity index (χ4v) is 1.61. The van der Waals surface area contributed by atoms with Crippen molar-refractivity contribution in [1.29, 1.82) is 0 Å². The van der Waals surface area contributed by atoms with E-state index in [1.54, 1.807) is 6.20 Å². The maximum absolute atomic E-state index is 4.29. The molecular weight excluding hydrogens is 252 g/mol. The molecule has 0 atom stereocenters. The molecule has 1 aromatic heterocycles. The highest BCUT2D eigenvalue weighted by Crippen LogP contribution is 2.22. The van der Waals surface area contributed by atoms with Crippen LogP contribution < -0.4 is 4.90 Å². The van der Waals surface area contributed by atoms with Gasteiger partial charge in [0.05, 0.1) is 0 Å². The van der Waals surface area contributed by atoms with Gasteiger partial charge < -0.3 is 4.90 Å². The first-order valence-electron chi connectivity index (χ1n) is 4.68. The summed E-state index contributed by atoms with van der Waals surface area (Å²) >= 11 is 3.42. The molecule has 0 fully saturated rings. The summed E-state index contributed by atoms with van der Waals surface area (Å²) in [5, 5.41) is 0. The van der Waals surface area contributed by atoms with E-state index in [1.807, 2.05) is 42.3 Å². The van der Waals surface area contributed by atoms with Crippen molar-refractivity contribution in [3.8, 4) is 0 Å². The molecule has 0 radical (unpaired) electrons. The zero-order valence-corrected chi connectivity index (χ0v) is 9.98. The Morgan fingerprint density at radius 3 is 2.40 bits per heavy atom. The molecule has 0 aliphatic carbocycles. The number of benzene rings is 1. The number of nitrogens with zero attached hydrogens (tertiary/aromatic N) is 2. The fraction of sp³-hybridized carbons (Fsp3) is 0.0833. The standard InChI is InChI=1S/C12H11BrN2/c1-15(12-4-2-3-9-14-12)11-7-5-10(13)6-8-11/h2-9H,1H3. The third-order valence-corrected chi connectivity index (χ3v) is 2.74. The van der Waals surface area contributed by atoms with E-state index >= 15 is 0 Å². The summed E-state index contributed by atoms with van der Waals surface area (Å²) in [4.78, 5) is 6.34. The van der Waals surface area contributed by atoms with Gasteiger partial charge in [0.1, 0.15) is 5.82 Å². The van der Waals surface area contributed by atoms with E-state index in [-0.39, 0.29) is 0 Å². The van der Waals surface area contributed by atoms with Crippen LogP contribution >= 0.6 is 15.9 Å². The topological polar surface area (TPSA) is 16.1 Å². The molecule has 76 valence electrons. The number of halogens is 1. The predicted molar refractivity (Wildman–Crippen MR) is 66.4 cm³/mol. The average Bonchev–Trinajstić information content (AvgIpc) is 2.30. The van der Waals surface area contributed by atoms with Crippen molar-refractivity contribution >= 4 is 27.4 Å². The van der Waals surface area contributed by atoms with Gasteiger partial charge in [-0.3, -0.25) is 0 Å². The Kier molecular flexibility index (Phi) is 3.02. The highest BCUT2D eigenvalue weighted by atomic mass is 79.9. The first-order valence-corrected chi connectivity index (χ1v) is 5.47. The number of pyridine rings is 1. The van der Waals surface area contributed by atoms with Crippen molar-refractivity contribution in [2.45, 2.75) is 0 Å². The van der Waals surface area contributed by atoms with Crippen LogP contribution in [0, 0.1) is 0 Å². The van der Waals surface area contributed by atoms with E-state index in [0.29, 0.717) is 0 Å². The molecule has 0 spiro atoms. The second-order valence-corrected chi connectivity index (χ2v) is 4.14. The molecule has 2 nitrogen and oxygen atoms in total. The van der Waals surface area contributed by atoms with Crippen LogP contribution in [0.25, 0.3) is 0 Å². The lowest BCUT2D eigenvalue weighted by molar-refractivity contribution is 1.13. The molecular formula is C12H11BrN2. The summed E-state index contributed by atoms with van der Waals surface area (Å²) in [6, 6.07) is 14.0. The van der Waals surface area contributed by atoms with E-state index in [4.69, 9.17) is 0 Å². The maximum atomic E-state index is 4.29. The van der Waals surface area contributed by atoms with E-state index in [2.05, 4.69) is 33.0 Å². The third-order valence-electron chi connectivity index (χ3n) is 2.21. The molecule has 15 heavy (non-hydrogen) atoms. The Balaban J connectivity index is 2.29. The molecule has 0 saturated carbocycles. The molecule has 1 aromatic carbocycles. The van der Waals surface area contributed by atoms with Crippen molar-refractivity contribution in [3.05, 3.63) is 53.1 Å². The van der Waals surface area contributed by atoms with Gasteiger partial charge in [0.2, 0.25) is 0 Å². The van der Waals surface area contributed by atoms with E-state index < -0.39 is 0 Å². The van der Waals surface area contributed by atoms with Crippen LogP contribution in [0.4, 0.5) is 11.5 Å². The highest BCUT2D eigenvalue weighted by molar-refractivity contribution is 9.10. The van der Waals surface area contributed by atoms with Crippen LogP contribution in [0.3, 0.4) is 0 Å². The van der Waals surface area contributed by atoms with Crippen LogP contribution in [0.2, 0.25) is 0 Å². The highest BCUT2D eigenvalue weighted by Gasteiger charge is 2.03. The Morgan fingerprint density at radius 1 is 1.07 bits per heavy atom. The SMILES string of the molecule is CN(c1ccc(Br)cc1)c1ccccn1. The van der Waals surface area contributed by atoms with Crippen molar-refractivity contribution in [3.63, 3.8) is 0 Å². The Hall–Kier alpha value is -1.35. The van der Waals surface area contributed by atoms with Gasteiger partial charge in [-0.05, 0) is 36.4 Å². The van der Waals surface area contributed by atoms with Gasteiger partial charge in [0, 0.05) is 23.4 Å². The molecule has 2 rings (SSSR count). The molecule has 0 saturated heterocycles. The fourth-order valence-electron chi connectivity index (χ4n) is 1.35. The van der Waals surface area contributed by atoms with Gasteiger partial charge in [-0.2, -0.15) is 0 Å². The van der Waals surface area contributed by atoms with Crippen molar-refractivity contribution < 1.29 is 0 Å². The molecule has 0 N–H and O–H groups in total. The average molecular weight is 263 g/mol. The smallest absolute Gasteiger partial charge is 0.132 e. The lowest BCUT2D eigenvalue weighted by atomic mass is 10.3. The van der Waals surface area contributed by atoms with Crippen LogP contribution in [0.1, 0.15) is 0 Å². The number of anilines is 2. The summed E-state index contributed by atoms with van der Waals surface area (Å²) < 4.78 is 1.08. The quantitative estimate of drug-likeness (QED) is 0.822. The Labute approximate surface area is 97.7 Å². The van der Waals surface area contributed by atoms with Gasteiger partial charge in [0.25, 0.3) is 0 Å². The summed E-state index contributed by atoms with van der Waals surface area (Å²) in [7, 11) is 2.01. The maximum Gasteiger partial charge on any atom is 0.132 e. The summed E-state index contributed by atoms with van der Waals surface area (Å²) in [6.45, 7) is 0. The van der Waals surface area contributed by atoms with E-state index in [1.165, 1.54) is 0 Å². The van der Waals surface area contributed by atoms with Gasteiger partial charge in [0.15, 0.2) is 0 Å². The van der Waals surface area contributed by atoms with Gasteiger partial charge in [-0.1, -0.05) is 22.0 Å². The van der Waals surface area contributed by atoms with Gasteiger partial charge in [-0.15, -0.1) is 0 Å². The molecule has 1 heterocycles. The third kappa shape index (κ3) is 2.36. The lowest BCUT2D eigenvalue weighted by Crippen LogP contribution is -2.10. The molecule has 0 aliphatic rings. The van der Waals surface area contributed by atoms with Crippen molar-refractivity contribution in [2.75, 3.05) is 11.9 Å². The van der Waals surface area contributed by atoms with E-state index in [0.717, 1.165) is 16.0 Å². The monoisotopic (exact) mass is 262 g/mol. The number of hydrogen-bond donors (Lipinski definition) is 0. The van der Waals surface area contributed by atoms with Crippen LogP contribution in [0.15, 0.2) is 53.1 Å². The molecule has 0 bridgehead atoms. The minimum absolute atomic E-state index is 0.944. The molecule has 3 heteroatoms. The molecule has 0 aliphatic heterocycles. The summed E-state index contributed by atoms with van der Waals surface area (Å²) in [6.07, 6.45) is 1.80. The number of rotatable bonds is 2. The minimum Gasteiger partial charge on any atom is -0.329 e. The number of aromatic nitrogens is 1. The summed E-state index contributed by atoms with van der Waals surface area (Å²) in [5.41, 5.74) is 1.12. The lowest BCUT2D eigenvalue weighted by Gasteiger charge is -2.17. The van der Waals surface area contributed by atoms with Crippen molar-refractivity contribution in [2.24, 2.45) is 0 Å². The Morgan fingerprint density at radius 2 is 1.80 bits per heavy atom.